The maximum Gasteiger partial charge on any atom is 0.139 e. The van der Waals surface area contributed by atoms with Crippen LogP contribution in [0.4, 0.5) is 0 Å². The van der Waals surface area contributed by atoms with Crippen molar-refractivity contribution in [2.24, 2.45) is 0 Å². The first-order chi connectivity index (χ1) is 8.25. The van der Waals surface area contributed by atoms with Crippen LogP contribution in [0, 0.1) is 0 Å². The van der Waals surface area contributed by atoms with E-state index < -0.39 is 0 Å². The zero-order chi connectivity index (χ0) is 12.5. The number of rotatable bonds is 8. The van der Waals surface area contributed by atoms with Gasteiger partial charge in [-0.05, 0) is 25.1 Å². The molecule has 2 nitrogen and oxygen atoms in total. The van der Waals surface area contributed by atoms with Crippen molar-refractivity contribution in [3.8, 4) is 5.75 Å². The van der Waals surface area contributed by atoms with Crippen molar-refractivity contribution >= 4 is 23.2 Å². The maximum absolute atomic E-state index is 6.00. The Morgan fingerprint density at radius 1 is 1.18 bits per heavy atom. The molecule has 0 saturated heterocycles. The largest absolute Gasteiger partial charge is 0.491 e. The molecule has 96 valence electrons. The van der Waals surface area contributed by atoms with Crippen LogP contribution in [0.5, 0.6) is 5.75 Å². The van der Waals surface area contributed by atoms with Crippen molar-refractivity contribution in [3.63, 3.8) is 0 Å². The second-order valence-corrected chi connectivity index (χ2v) is 4.64. The van der Waals surface area contributed by atoms with Crippen molar-refractivity contribution in [3.05, 3.63) is 28.2 Å². The molecule has 0 aromatic heterocycles. The molecule has 1 N–H and O–H groups in total. The Morgan fingerprint density at radius 2 is 2.00 bits per heavy atom. The fourth-order valence-corrected chi connectivity index (χ4v) is 1.80. The van der Waals surface area contributed by atoms with Gasteiger partial charge in [-0.15, -0.1) is 0 Å². The summed E-state index contributed by atoms with van der Waals surface area (Å²) in [6.45, 7) is 4.67. The lowest BCUT2D eigenvalue weighted by atomic mass is 10.2. The Kier molecular flexibility index (Phi) is 7.41. The van der Waals surface area contributed by atoms with E-state index in [-0.39, 0.29) is 0 Å². The third-order valence-electron chi connectivity index (χ3n) is 2.41. The number of ether oxygens (including phenoxy) is 1. The molecule has 0 saturated carbocycles. The normalized spacial score (nSPS) is 10.5. The van der Waals surface area contributed by atoms with Crippen LogP contribution < -0.4 is 10.1 Å². The maximum atomic E-state index is 6.00. The third-order valence-corrected chi connectivity index (χ3v) is 3.21. The number of hydrogen-bond acceptors (Lipinski definition) is 2. The summed E-state index contributed by atoms with van der Waals surface area (Å²) in [5.41, 5.74) is 0. The Labute approximate surface area is 113 Å². The third kappa shape index (κ3) is 5.62. The fourth-order valence-electron chi connectivity index (χ4n) is 1.45. The Balaban J connectivity index is 2.16. The molecule has 0 amide bonds. The average Bonchev–Trinajstić information content (AvgIpc) is 2.33. The molecular weight excluding hydrogens is 257 g/mol. The van der Waals surface area contributed by atoms with Gasteiger partial charge in [0.1, 0.15) is 17.4 Å². The minimum Gasteiger partial charge on any atom is -0.491 e. The number of hydrogen-bond donors (Lipinski definition) is 1. The minimum atomic E-state index is 0.486. The molecular formula is C13H19Cl2NO. The topological polar surface area (TPSA) is 21.3 Å². The summed E-state index contributed by atoms with van der Waals surface area (Å²) in [6.07, 6.45) is 3.73. The number of unbranched alkanes of at least 4 members (excludes halogenated alkanes) is 2. The second kappa shape index (κ2) is 8.62. The lowest BCUT2D eigenvalue weighted by Gasteiger charge is -2.09. The van der Waals surface area contributed by atoms with Gasteiger partial charge in [0.2, 0.25) is 0 Å². The summed E-state index contributed by atoms with van der Waals surface area (Å²) in [7, 11) is 0. The zero-order valence-electron chi connectivity index (χ0n) is 10.1. The van der Waals surface area contributed by atoms with E-state index in [1.165, 1.54) is 19.3 Å². The quantitative estimate of drug-likeness (QED) is 0.720. The summed E-state index contributed by atoms with van der Waals surface area (Å²) in [5.74, 6) is 0.648. The van der Waals surface area contributed by atoms with Crippen LogP contribution in [0.25, 0.3) is 0 Å². The molecule has 0 unspecified atom stereocenters. The first kappa shape index (κ1) is 14.6. The van der Waals surface area contributed by atoms with E-state index in [1.807, 2.05) is 12.1 Å². The molecule has 1 aromatic rings. The van der Waals surface area contributed by atoms with Crippen molar-refractivity contribution < 1.29 is 4.74 Å². The predicted octanol–water partition coefficient (Wildman–Crippen LogP) is 4.15. The smallest absolute Gasteiger partial charge is 0.139 e. The molecule has 1 aromatic carbocycles. The van der Waals surface area contributed by atoms with E-state index in [2.05, 4.69) is 12.2 Å². The summed E-state index contributed by atoms with van der Waals surface area (Å²) < 4.78 is 5.55. The lowest BCUT2D eigenvalue weighted by Crippen LogP contribution is -2.22. The molecule has 0 aliphatic rings. The van der Waals surface area contributed by atoms with Crippen LogP contribution in [-0.4, -0.2) is 19.7 Å². The summed E-state index contributed by atoms with van der Waals surface area (Å²) in [5, 5.41) is 4.34. The summed E-state index contributed by atoms with van der Waals surface area (Å²) in [4.78, 5) is 0. The standard InChI is InChI=1S/C13H19Cl2NO/c1-2-3-4-8-16-9-10-17-12-7-5-6-11(14)13(12)15/h5-7,16H,2-4,8-10H2,1H3. The Bertz CT molecular complexity index is 331. The van der Waals surface area contributed by atoms with Gasteiger partial charge < -0.3 is 10.1 Å². The number of benzene rings is 1. The average molecular weight is 276 g/mol. The summed E-state index contributed by atoms with van der Waals surface area (Å²) in [6, 6.07) is 5.41. The lowest BCUT2D eigenvalue weighted by molar-refractivity contribution is 0.314. The van der Waals surface area contributed by atoms with Gasteiger partial charge in [-0.2, -0.15) is 0 Å². The Morgan fingerprint density at radius 3 is 2.76 bits per heavy atom. The molecule has 0 spiro atoms. The molecule has 1 rings (SSSR count). The molecule has 0 radical (unpaired) electrons. The van der Waals surface area contributed by atoms with E-state index in [4.69, 9.17) is 27.9 Å². The number of halogens is 2. The van der Waals surface area contributed by atoms with Gasteiger partial charge in [-0.25, -0.2) is 0 Å². The van der Waals surface area contributed by atoms with E-state index in [1.54, 1.807) is 6.07 Å². The molecule has 0 aliphatic carbocycles. The second-order valence-electron chi connectivity index (χ2n) is 3.86. The highest BCUT2D eigenvalue weighted by molar-refractivity contribution is 6.42. The Hall–Kier alpha value is -0.440. The van der Waals surface area contributed by atoms with E-state index in [9.17, 15) is 0 Å². The predicted molar refractivity (Wildman–Crippen MR) is 74.4 cm³/mol. The molecule has 0 fully saturated rings. The fraction of sp³-hybridized carbons (Fsp3) is 0.538. The molecule has 0 bridgehead atoms. The van der Waals surface area contributed by atoms with Crippen LogP contribution in [0.3, 0.4) is 0 Å². The molecule has 4 heteroatoms. The molecule has 0 atom stereocenters. The van der Waals surface area contributed by atoms with Gasteiger partial charge in [0.25, 0.3) is 0 Å². The van der Waals surface area contributed by atoms with Gasteiger partial charge in [0, 0.05) is 6.54 Å². The van der Waals surface area contributed by atoms with Gasteiger partial charge in [-0.3, -0.25) is 0 Å². The van der Waals surface area contributed by atoms with Crippen LogP contribution in [0.15, 0.2) is 18.2 Å². The zero-order valence-corrected chi connectivity index (χ0v) is 11.7. The molecule has 17 heavy (non-hydrogen) atoms. The van der Waals surface area contributed by atoms with Crippen LogP contribution in [0.1, 0.15) is 26.2 Å². The molecule has 0 heterocycles. The van der Waals surface area contributed by atoms with Crippen LogP contribution in [0.2, 0.25) is 10.0 Å². The van der Waals surface area contributed by atoms with E-state index in [0.29, 0.717) is 22.4 Å². The number of nitrogens with one attached hydrogen (secondary N) is 1. The van der Waals surface area contributed by atoms with Gasteiger partial charge in [0.15, 0.2) is 0 Å². The first-order valence-corrected chi connectivity index (χ1v) is 6.78. The summed E-state index contributed by atoms with van der Waals surface area (Å²) >= 11 is 11.9. The monoisotopic (exact) mass is 275 g/mol. The van der Waals surface area contributed by atoms with Gasteiger partial charge >= 0.3 is 0 Å². The van der Waals surface area contributed by atoms with Crippen molar-refractivity contribution in [2.75, 3.05) is 19.7 Å². The van der Waals surface area contributed by atoms with Crippen molar-refractivity contribution in [2.45, 2.75) is 26.2 Å². The van der Waals surface area contributed by atoms with Crippen LogP contribution >= 0.6 is 23.2 Å². The highest BCUT2D eigenvalue weighted by Crippen LogP contribution is 2.31. The van der Waals surface area contributed by atoms with Crippen LogP contribution in [-0.2, 0) is 0 Å². The highest BCUT2D eigenvalue weighted by atomic mass is 35.5. The van der Waals surface area contributed by atoms with Crippen molar-refractivity contribution in [1.82, 2.24) is 5.32 Å². The van der Waals surface area contributed by atoms with Gasteiger partial charge in [-0.1, -0.05) is 49.0 Å². The minimum absolute atomic E-state index is 0.486. The molecule has 0 aliphatic heterocycles. The van der Waals surface area contributed by atoms with Crippen molar-refractivity contribution in [1.29, 1.82) is 0 Å². The highest BCUT2D eigenvalue weighted by Gasteiger charge is 2.04. The van der Waals surface area contributed by atoms with E-state index >= 15 is 0 Å². The first-order valence-electron chi connectivity index (χ1n) is 6.03. The SMILES string of the molecule is CCCCCNCCOc1cccc(Cl)c1Cl. The van der Waals surface area contributed by atoms with Gasteiger partial charge in [0.05, 0.1) is 5.02 Å². The van der Waals surface area contributed by atoms with E-state index in [0.717, 1.165) is 13.1 Å².